The van der Waals surface area contributed by atoms with E-state index in [-0.39, 0.29) is 5.97 Å². The largest absolute Gasteiger partial charge is 0.466 e. The highest BCUT2D eigenvalue weighted by atomic mass is 16.5. The van der Waals surface area contributed by atoms with Crippen molar-refractivity contribution in [2.45, 2.75) is 309 Å². The predicted octanol–water partition coefficient (Wildman–Crippen LogP) is 19.1. The first-order valence-corrected chi connectivity index (χ1v) is 25.6. The molecule has 0 aromatic heterocycles. The van der Waals surface area contributed by atoms with E-state index in [1.807, 2.05) is 0 Å². The van der Waals surface area contributed by atoms with Gasteiger partial charge in [0, 0.05) is 6.42 Å². The fourth-order valence-electron chi connectivity index (χ4n) is 8.08. The molecule has 0 unspecified atom stereocenters. The molecule has 0 rings (SSSR count). The number of carbonyl (C=O) groups excluding carboxylic acids is 1. The molecule has 0 aliphatic carbocycles. The van der Waals surface area contributed by atoms with Gasteiger partial charge in [0.25, 0.3) is 0 Å². The zero-order valence-electron chi connectivity index (χ0n) is 37.7. The van der Waals surface area contributed by atoms with Crippen LogP contribution >= 0.6 is 0 Å². The Hall–Kier alpha value is -0.790. The molecule has 0 saturated carbocycles. The van der Waals surface area contributed by atoms with E-state index in [0.29, 0.717) is 13.0 Å². The zero-order valence-corrected chi connectivity index (χ0v) is 37.7. The van der Waals surface area contributed by atoms with Crippen LogP contribution in [-0.4, -0.2) is 12.6 Å². The monoisotopic (exact) mass is 759 g/mol. The molecule has 2 heteroatoms. The van der Waals surface area contributed by atoms with Gasteiger partial charge in [-0.05, 0) is 38.5 Å². The topological polar surface area (TPSA) is 26.3 Å². The van der Waals surface area contributed by atoms with Crippen LogP contribution in [0.4, 0.5) is 0 Å². The molecular formula is C52H102O2. The van der Waals surface area contributed by atoms with Crippen LogP contribution in [-0.2, 0) is 9.53 Å². The summed E-state index contributed by atoms with van der Waals surface area (Å²) in [7, 11) is 0. The Morgan fingerprint density at radius 1 is 0.296 bits per heavy atom. The van der Waals surface area contributed by atoms with Crippen molar-refractivity contribution in [3.05, 3.63) is 12.2 Å². The minimum absolute atomic E-state index is 0.0252. The zero-order chi connectivity index (χ0) is 38.9. The van der Waals surface area contributed by atoms with Crippen LogP contribution < -0.4 is 0 Å². The Balaban J connectivity index is 3.14. The second-order valence-electron chi connectivity index (χ2n) is 17.5. The van der Waals surface area contributed by atoms with Gasteiger partial charge in [0.1, 0.15) is 0 Å². The number of unbranched alkanes of at least 4 members (excludes halogenated alkanes) is 42. The molecule has 0 amide bonds. The number of esters is 1. The number of rotatable bonds is 48. The molecule has 0 radical (unpaired) electrons. The minimum atomic E-state index is 0.0252. The molecule has 0 saturated heterocycles. The lowest BCUT2D eigenvalue weighted by Crippen LogP contribution is -2.05. The first-order valence-electron chi connectivity index (χ1n) is 25.6. The van der Waals surface area contributed by atoms with Crippen LogP contribution in [0.5, 0.6) is 0 Å². The third kappa shape index (κ3) is 49.2. The second kappa shape index (κ2) is 50.2. The summed E-state index contributed by atoms with van der Waals surface area (Å²) in [5.74, 6) is 0.0252. The van der Waals surface area contributed by atoms with Gasteiger partial charge in [-0.3, -0.25) is 4.79 Å². The summed E-state index contributed by atoms with van der Waals surface area (Å²) in [5.41, 5.74) is 0. The maximum atomic E-state index is 12.0. The van der Waals surface area contributed by atoms with E-state index in [1.165, 1.54) is 276 Å². The van der Waals surface area contributed by atoms with Crippen LogP contribution in [0, 0.1) is 0 Å². The predicted molar refractivity (Wildman–Crippen MR) is 244 cm³/mol. The van der Waals surface area contributed by atoms with Crippen molar-refractivity contribution in [2.75, 3.05) is 6.61 Å². The summed E-state index contributed by atoms with van der Waals surface area (Å²) in [6, 6.07) is 0. The van der Waals surface area contributed by atoms with Crippen molar-refractivity contribution in [2.24, 2.45) is 0 Å². The first kappa shape index (κ1) is 53.2. The lowest BCUT2D eigenvalue weighted by molar-refractivity contribution is -0.143. The summed E-state index contributed by atoms with van der Waals surface area (Å²) >= 11 is 0. The summed E-state index contributed by atoms with van der Waals surface area (Å²) in [6.45, 7) is 5.21. The highest BCUT2D eigenvalue weighted by Gasteiger charge is 2.03. The summed E-state index contributed by atoms with van der Waals surface area (Å²) < 4.78 is 5.48. The number of hydrogen-bond acceptors (Lipinski definition) is 2. The van der Waals surface area contributed by atoms with Crippen molar-refractivity contribution in [3.63, 3.8) is 0 Å². The second-order valence-corrected chi connectivity index (χ2v) is 17.5. The van der Waals surface area contributed by atoms with Crippen LogP contribution in [0.2, 0.25) is 0 Å². The third-order valence-electron chi connectivity index (χ3n) is 11.9. The van der Waals surface area contributed by atoms with Crippen LogP contribution in [0.15, 0.2) is 12.2 Å². The van der Waals surface area contributed by atoms with Gasteiger partial charge < -0.3 is 4.74 Å². The van der Waals surface area contributed by atoms with Gasteiger partial charge >= 0.3 is 5.97 Å². The molecule has 0 bridgehead atoms. The van der Waals surface area contributed by atoms with Crippen LogP contribution in [0.25, 0.3) is 0 Å². The van der Waals surface area contributed by atoms with E-state index < -0.39 is 0 Å². The summed E-state index contributed by atoms with van der Waals surface area (Å²) in [4.78, 5) is 12.0. The molecule has 2 nitrogen and oxygen atoms in total. The molecule has 0 aromatic carbocycles. The van der Waals surface area contributed by atoms with Crippen LogP contribution in [0.3, 0.4) is 0 Å². The average molecular weight is 759 g/mol. The van der Waals surface area contributed by atoms with E-state index >= 15 is 0 Å². The highest BCUT2D eigenvalue weighted by molar-refractivity contribution is 5.69. The Morgan fingerprint density at radius 3 is 0.815 bits per heavy atom. The average Bonchev–Trinajstić information content (AvgIpc) is 3.18. The molecule has 0 aliphatic rings. The maximum Gasteiger partial charge on any atom is 0.305 e. The molecule has 0 aliphatic heterocycles. The van der Waals surface area contributed by atoms with Gasteiger partial charge in [-0.2, -0.15) is 0 Å². The molecule has 0 atom stereocenters. The first-order chi connectivity index (χ1) is 26.8. The van der Waals surface area contributed by atoms with E-state index in [4.69, 9.17) is 4.74 Å². The number of carbonyl (C=O) groups is 1. The lowest BCUT2D eigenvalue weighted by atomic mass is 10.0. The minimum Gasteiger partial charge on any atom is -0.466 e. The maximum absolute atomic E-state index is 12.0. The Bertz CT molecular complexity index is 698. The SMILES string of the molecule is CCCCCCC=CCCCCCCCCCC(=O)OCCCCCCCCCCCCCCCCCCCCCCCCCCCCCCCCCC. The quantitative estimate of drug-likeness (QED) is 0.0351. The molecule has 0 spiro atoms. The Morgan fingerprint density at radius 2 is 0.519 bits per heavy atom. The van der Waals surface area contributed by atoms with Gasteiger partial charge in [0.15, 0.2) is 0 Å². The van der Waals surface area contributed by atoms with Crippen LogP contribution in [0.1, 0.15) is 309 Å². The lowest BCUT2D eigenvalue weighted by Gasteiger charge is -2.06. The number of ether oxygens (including phenoxy) is 1. The van der Waals surface area contributed by atoms with E-state index in [1.54, 1.807) is 0 Å². The number of hydrogen-bond donors (Lipinski definition) is 0. The fraction of sp³-hybridized carbons (Fsp3) is 0.942. The summed E-state index contributed by atoms with van der Waals surface area (Å²) in [6.07, 6.45) is 67.9. The normalized spacial score (nSPS) is 11.7. The van der Waals surface area contributed by atoms with Crippen molar-refractivity contribution in [1.82, 2.24) is 0 Å². The molecule has 0 N–H and O–H groups in total. The van der Waals surface area contributed by atoms with E-state index in [2.05, 4.69) is 26.0 Å². The summed E-state index contributed by atoms with van der Waals surface area (Å²) in [5, 5.41) is 0. The Labute approximate surface area is 342 Å². The van der Waals surface area contributed by atoms with Gasteiger partial charge in [-0.15, -0.1) is 0 Å². The highest BCUT2D eigenvalue weighted by Crippen LogP contribution is 2.17. The van der Waals surface area contributed by atoms with E-state index in [9.17, 15) is 4.79 Å². The van der Waals surface area contributed by atoms with Gasteiger partial charge in [0.05, 0.1) is 6.61 Å². The van der Waals surface area contributed by atoms with E-state index in [0.717, 1.165) is 12.8 Å². The van der Waals surface area contributed by atoms with Crippen molar-refractivity contribution < 1.29 is 9.53 Å². The molecule has 322 valence electrons. The molecule has 54 heavy (non-hydrogen) atoms. The van der Waals surface area contributed by atoms with Gasteiger partial charge in [-0.25, -0.2) is 0 Å². The van der Waals surface area contributed by atoms with Gasteiger partial charge in [-0.1, -0.05) is 276 Å². The molecule has 0 fully saturated rings. The Kier molecular flexibility index (Phi) is 49.5. The fourth-order valence-corrected chi connectivity index (χ4v) is 8.08. The van der Waals surface area contributed by atoms with Crippen molar-refractivity contribution >= 4 is 5.97 Å². The smallest absolute Gasteiger partial charge is 0.305 e. The third-order valence-corrected chi connectivity index (χ3v) is 11.9. The molecule has 0 heterocycles. The van der Waals surface area contributed by atoms with Gasteiger partial charge in [0.2, 0.25) is 0 Å². The van der Waals surface area contributed by atoms with Crippen molar-refractivity contribution in [3.8, 4) is 0 Å². The van der Waals surface area contributed by atoms with Crippen molar-refractivity contribution in [1.29, 1.82) is 0 Å². The standard InChI is InChI=1S/C52H102O2/c1-3-5-7-9-11-13-15-17-19-20-21-22-23-24-25-26-27-28-29-30-31-32-33-34-35-37-39-41-43-45-47-49-51-54-52(53)50-48-46-44-42-40-38-36-18-16-14-12-10-8-6-4-2/h14,16H,3-13,15,17-51H2,1-2H3. The molecular weight excluding hydrogens is 657 g/mol. The number of allylic oxidation sites excluding steroid dienone is 2. The molecule has 0 aromatic rings.